The number of methoxy groups -OCH3 is 1. The van der Waals surface area contributed by atoms with Crippen molar-refractivity contribution in [2.45, 2.75) is 70.8 Å². The van der Waals surface area contributed by atoms with Crippen molar-refractivity contribution in [3.8, 4) is 11.5 Å². The number of hydrogen-bond acceptors (Lipinski definition) is 5. The molecule has 1 saturated carbocycles. The van der Waals surface area contributed by atoms with E-state index in [1.807, 2.05) is 51.1 Å². The van der Waals surface area contributed by atoms with Crippen molar-refractivity contribution in [1.82, 2.24) is 5.32 Å². The summed E-state index contributed by atoms with van der Waals surface area (Å²) in [6, 6.07) is 11.2. The van der Waals surface area contributed by atoms with Crippen molar-refractivity contribution in [1.29, 1.82) is 0 Å². The molecule has 35 heavy (non-hydrogen) atoms. The summed E-state index contributed by atoms with van der Waals surface area (Å²) in [5.41, 5.74) is 3.01. The van der Waals surface area contributed by atoms with Crippen LogP contribution in [0.5, 0.6) is 11.5 Å². The maximum absolute atomic E-state index is 13.9. The maximum Gasteiger partial charge on any atom is 0.328 e. The molecule has 1 aliphatic heterocycles. The Kier molecular flexibility index (Phi) is 7.50. The van der Waals surface area contributed by atoms with E-state index in [1.165, 1.54) is 12.8 Å². The van der Waals surface area contributed by atoms with Crippen LogP contribution in [-0.2, 0) is 15.0 Å². The summed E-state index contributed by atoms with van der Waals surface area (Å²) in [5, 5.41) is 6.24. The number of amides is 1. The first-order valence-corrected chi connectivity index (χ1v) is 12.8. The van der Waals surface area contributed by atoms with Crippen molar-refractivity contribution in [3.05, 3.63) is 53.1 Å². The van der Waals surface area contributed by atoms with Crippen LogP contribution in [0.25, 0.3) is 0 Å². The molecule has 1 heterocycles. The van der Waals surface area contributed by atoms with Gasteiger partial charge in [0.15, 0.2) is 0 Å². The predicted molar refractivity (Wildman–Crippen MR) is 138 cm³/mol. The Bertz CT molecular complexity index is 1070. The number of esters is 1. The third-order valence-electron chi connectivity index (χ3n) is 7.88. The molecular weight excluding hydrogens is 440 g/mol. The number of anilines is 1. The van der Waals surface area contributed by atoms with E-state index in [2.05, 4.69) is 16.7 Å². The van der Waals surface area contributed by atoms with E-state index in [9.17, 15) is 9.59 Å². The van der Waals surface area contributed by atoms with Gasteiger partial charge >= 0.3 is 5.97 Å². The lowest BCUT2D eigenvalue weighted by Gasteiger charge is -2.36. The van der Waals surface area contributed by atoms with E-state index in [0.29, 0.717) is 5.75 Å². The molecule has 0 bridgehead atoms. The van der Waals surface area contributed by atoms with E-state index >= 15 is 0 Å². The lowest BCUT2D eigenvalue weighted by molar-refractivity contribution is -0.137. The van der Waals surface area contributed by atoms with Gasteiger partial charge in [-0.3, -0.25) is 4.79 Å². The monoisotopic (exact) mass is 478 g/mol. The van der Waals surface area contributed by atoms with Crippen LogP contribution in [-0.4, -0.2) is 32.1 Å². The zero-order chi connectivity index (χ0) is 25.2. The van der Waals surface area contributed by atoms with Crippen molar-refractivity contribution >= 4 is 17.6 Å². The SMILES string of the molecule is CNC(C(=O)Oc1ccc(C2(C3CCCCCC3)C(=O)Nc3c2ccc(OC)c3C)cc1)C(C)C. The van der Waals surface area contributed by atoms with Gasteiger partial charge in [0.25, 0.3) is 0 Å². The fourth-order valence-corrected chi connectivity index (χ4v) is 6.07. The van der Waals surface area contributed by atoms with Crippen LogP contribution in [0.3, 0.4) is 0 Å². The Labute approximate surface area is 208 Å². The van der Waals surface area contributed by atoms with Crippen molar-refractivity contribution < 1.29 is 19.1 Å². The van der Waals surface area contributed by atoms with Crippen LogP contribution < -0.4 is 20.1 Å². The molecule has 2 unspecified atom stereocenters. The normalized spacial score (nSPS) is 21.3. The molecule has 4 rings (SSSR count). The summed E-state index contributed by atoms with van der Waals surface area (Å²) < 4.78 is 11.2. The average molecular weight is 479 g/mol. The lowest BCUT2D eigenvalue weighted by Crippen LogP contribution is -2.43. The Morgan fingerprint density at radius 3 is 2.29 bits per heavy atom. The second-order valence-electron chi connectivity index (χ2n) is 10.2. The summed E-state index contributed by atoms with van der Waals surface area (Å²) in [6.45, 7) is 5.96. The third kappa shape index (κ3) is 4.44. The smallest absolute Gasteiger partial charge is 0.328 e. The minimum atomic E-state index is -0.773. The summed E-state index contributed by atoms with van der Waals surface area (Å²) >= 11 is 0. The number of ether oxygens (including phenoxy) is 2. The number of benzene rings is 2. The fraction of sp³-hybridized carbons (Fsp3) is 0.517. The Morgan fingerprint density at radius 2 is 1.71 bits per heavy atom. The van der Waals surface area contributed by atoms with Gasteiger partial charge in [0.05, 0.1) is 12.8 Å². The molecule has 1 amide bonds. The molecule has 2 N–H and O–H groups in total. The average Bonchev–Trinajstić information content (AvgIpc) is 2.98. The highest BCUT2D eigenvalue weighted by molar-refractivity contribution is 6.10. The molecule has 0 saturated heterocycles. The molecule has 2 aliphatic rings. The van der Waals surface area contributed by atoms with Gasteiger partial charge in [0.1, 0.15) is 23.0 Å². The topological polar surface area (TPSA) is 76.7 Å². The van der Waals surface area contributed by atoms with Gasteiger partial charge in [0, 0.05) is 5.56 Å². The third-order valence-corrected chi connectivity index (χ3v) is 7.88. The van der Waals surface area contributed by atoms with E-state index < -0.39 is 5.41 Å². The molecule has 0 aromatic heterocycles. The number of rotatable bonds is 7. The summed E-state index contributed by atoms with van der Waals surface area (Å²) in [7, 11) is 3.42. The highest BCUT2D eigenvalue weighted by Crippen LogP contribution is 2.53. The van der Waals surface area contributed by atoms with Gasteiger partial charge < -0.3 is 20.1 Å². The largest absolute Gasteiger partial charge is 0.496 e. The Balaban J connectivity index is 1.77. The van der Waals surface area contributed by atoms with Crippen molar-refractivity contribution in [2.75, 3.05) is 19.5 Å². The van der Waals surface area contributed by atoms with Gasteiger partial charge in [-0.15, -0.1) is 0 Å². The molecular formula is C29H38N2O4. The number of carbonyl (C=O) groups is 2. The zero-order valence-corrected chi connectivity index (χ0v) is 21.6. The Hall–Kier alpha value is -2.86. The van der Waals surface area contributed by atoms with E-state index in [4.69, 9.17) is 9.47 Å². The molecule has 1 aliphatic carbocycles. The van der Waals surface area contributed by atoms with Gasteiger partial charge in [-0.25, -0.2) is 4.79 Å². The van der Waals surface area contributed by atoms with Crippen LogP contribution in [0, 0.1) is 18.8 Å². The van der Waals surface area contributed by atoms with E-state index in [1.54, 1.807) is 14.2 Å². The lowest BCUT2D eigenvalue weighted by atomic mass is 9.64. The first-order chi connectivity index (χ1) is 16.8. The van der Waals surface area contributed by atoms with E-state index in [0.717, 1.165) is 53.8 Å². The van der Waals surface area contributed by atoms with Crippen LogP contribution >= 0.6 is 0 Å². The van der Waals surface area contributed by atoms with Gasteiger partial charge in [-0.05, 0) is 68.0 Å². The molecule has 188 valence electrons. The minimum Gasteiger partial charge on any atom is -0.496 e. The van der Waals surface area contributed by atoms with E-state index in [-0.39, 0.29) is 29.8 Å². The zero-order valence-electron chi connectivity index (χ0n) is 21.6. The van der Waals surface area contributed by atoms with Crippen LogP contribution in [0.4, 0.5) is 5.69 Å². The number of carbonyl (C=O) groups excluding carboxylic acids is 2. The second kappa shape index (κ2) is 10.4. The Morgan fingerprint density at radius 1 is 1.06 bits per heavy atom. The highest BCUT2D eigenvalue weighted by Gasteiger charge is 2.53. The number of likely N-dealkylation sites (N-methyl/N-ethyl adjacent to an activating group) is 1. The molecule has 0 radical (unpaired) electrons. The van der Waals surface area contributed by atoms with Crippen LogP contribution in [0.15, 0.2) is 36.4 Å². The molecule has 1 fully saturated rings. The minimum absolute atomic E-state index is 0.0237. The number of fused-ring (bicyclic) bond motifs is 1. The fourth-order valence-electron chi connectivity index (χ4n) is 6.07. The number of hydrogen-bond donors (Lipinski definition) is 2. The standard InChI is InChI=1S/C29H38N2O4/c1-18(2)25(30-4)27(32)35-22-14-12-21(13-15-22)29(20-10-8-6-7-9-11-20)23-16-17-24(34-5)19(3)26(23)31-28(29)33/h12-18,20,25,30H,6-11H2,1-5H3,(H,31,33). The molecule has 0 spiro atoms. The molecule has 6 nitrogen and oxygen atoms in total. The molecule has 2 aromatic rings. The first kappa shape index (κ1) is 25.2. The van der Waals surface area contributed by atoms with Gasteiger partial charge in [0.2, 0.25) is 5.91 Å². The predicted octanol–water partition coefficient (Wildman–Crippen LogP) is 5.36. The number of nitrogens with one attached hydrogen (secondary N) is 2. The molecule has 2 atom stereocenters. The van der Waals surface area contributed by atoms with Crippen LogP contribution in [0.2, 0.25) is 0 Å². The second-order valence-corrected chi connectivity index (χ2v) is 10.2. The maximum atomic E-state index is 13.9. The molecule has 2 aromatic carbocycles. The summed E-state index contributed by atoms with van der Waals surface area (Å²) in [5.74, 6) is 1.29. The van der Waals surface area contributed by atoms with Gasteiger partial charge in [-0.2, -0.15) is 0 Å². The van der Waals surface area contributed by atoms with Crippen molar-refractivity contribution in [2.24, 2.45) is 11.8 Å². The summed E-state index contributed by atoms with van der Waals surface area (Å²) in [6.07, 6.45) is 6.68. The first-order valence-electron chi connectivity index (χ1n) is 12.8. The quantitative estimate of drug-likeness (QED) is 0.318. The van der Waals surface area contributed by atoms with Gasteiger partial charge in [-0.1, -0.05) is 57.7 Å². The van der Waals surface area contributed by atoms with Crippen LogP contribution in [0.1, 0.15) is 69.1 Å². The van der Waals surface area contributed by atoms with Crippen molar-refractivity contribution in [3.63, 3.8) is 0 Å². The highest BCUT2D eigenvalue weighted by atomic mass is 16.5. The molecule has 6 heteroatoms. The summed E-state index contributed by atoms with van der Waals surface area (Å²) in [4.78, 5) is 26.6.